The van der Waals surface area contributed by atoms with E-state index in [0.29, 0.717) is 0 Å². The van der Waals surface area contributed by atoms with Crippen LogP contribution in [-0.2, 0) is 0 Å². The third kappa shape index (κ3) is 10.4. The predicted molar refractivity (Wildman–Crippen MR) is 161 cm³/mol. The van der Waals surface area contributed by atoms with Gasteiger partial charge in [0.2, 0.25) is 0 Å². The van der Waals surface area contributed by atoms with Crippen molar-refractivity contribution in [2.24, 2.45) is 0 Å². The van der Waals surface area contributed by atoms with Crippen LogP contribution in [0.15, 0.2) is 91.0 Å². The van der Waals surface area contributed by atoms with Crippen LogP contribution in [0.5, 0.6) is 0 Å². The summed E-state index contributed by atoms with van der Waals surface area (Å²) in [5.41, 5.74) is 4.85. The van der Waals surface area contributed by atoms with Crippen LogP contribution in [0, 0.1) is 0 Å². The first-order valence-electron chi connectivity index (χ1n) is 13.9. The highest BCUT2D eigenvalue weighted by Crippen LogP contribution is 2.33. The molecule has 4 aromatic rings. The van der Waals surface area contributed by atoms with E-state index < -0.39 is 17.9 Å². The minimum atomic E-state index is -1.27. The summed E-state index contributed by atoms with van der Waals surface area (Å²) in [6.45, 7) is 16.0. The fraction of sp³-hybridized carbons (Fsp3) is 0.229. The van der Waals surface area contributed by atoms with E-state index in [2.05, 4.69) is 0 Å². The third-order valence-electron chi connectivity index (χ3n) is 5.29. The van der Waals surface area contributed by atoms with Crippen molar-refractivity contribution in [3.8, 4) is 33.4 Å². The topological polar surface area (TPSA) is 120 Å². The van der Waals surface area contributed by atoms with E-state index in [4.69, 9.17) is 0 Å². The van der Waals surface area contributed by atoms with E-state index in [1.165, 1.54) is 36.4 Å². The summed E-state index contributed by atoms with van der Waals surface area (Å²) in [6.07, 6.45) is 0. The van der Waals surface area contributed by atoms with Gasteiger partial charge in [-0.3, -0.25) is 0 Å². The van der Waals surface area contributed by atoms with E-state index in [1.807, 2.05) is 73.6 Å². The molecule has 0 aliphatic rings. The van der Waals surface area contributed by atoms with Crippen molar-refractivity contribution in [1.29, 1.82) is 0 Å². The zero-order chi connectivity index (χ0) is 31.5. The predicted octanol–water partition coefficient (Wildman–Crippen LogP) is 5.88. The summed E-state index contributed by atoms with van der Waals surface area (Å²) in [5.74, 6) is -3.80. The second-order valence-electron chi connectivity index (χ2n) is 7.39. The molecular formula is C35H39O6-3. The first-order valence-corrected chi connectivity index (χ1v) is 13.9. The highest BCUT2D eigenvalue weighted by atomic mass is 16.4. The molecule has 0 radical (unpaired) electrons. The fourth-order valence-electron chi connectivity index (χ4n) is 3.52. The van der Waals surface area contributed by atoms with E-state index in [9.17, 15) is 29.7 Å². The van der Waals surface area contributed by atoms with Crippen LogP contribution in [0.25, 0.3) is 33.4 Å². The number of carbonyl (C=O) groups is 3. The lowest BCUT2D eigenvalue weighted by molar-refractivity contribution is -0.256. The monoisotopic (exact) mass is 555 g/mol. The summed E-state index contributed by atoms with van der Waals surface area (Å²) in [4.78, 5) is 33.2. The molecule has 6 heteroatoms. The smallest absolute Gasteiger partial charge is 0.0715 e. The molecule has 0 aromatic heterocycles. The van der Waals surface area contributed by atoms with Crippen molar-refractivity contribution >= 4 is 17.9 Å². The van der Waals surface area contributed by atoms with Crippen LogP contribution in [0.4, 0.5) is 0 Å². The molecule has 41 heavy (non-hydrogen) atoms. The van der Waals surface area contributed by atoms with Crippen LogP contribution in [-0.4, -0.2) is 17.9 Å². The molecule has 0 unspecified atom stereocenters. The van der Waals surface area contributed by atoms with Crippen LogP contribution < -0.4 is 15.3 Å². The molecule has 0 saturated heterocycles. The van der Waals surface area contributed by atoms with Crippen molar-refractivity contribution < 1.29 is 29.7 Å². The summed E-state index contributed by atoms with van der Waals surface area (Å²) >= 11 is 0. The van der Waals surface area contributed by atoms with Crippen LogP contribution >= 0.6 is 0 Å². The number of carboxylic acid groups (broad SMARTS) is 3. The standard InChI is InChI=1S/C27H18O6.4C2H6/c28-25(29)19-7-1-16(2-8-19)22-13-23(17-3-9-20(10-4-17)26(30)31)15-24(14-22)18-5-11-21(12-6-18)27(32)33;4*1-2/h1-15H,(H,28,29)(H,30,31)(H,32,33);4*1-2H3/p-3. The van der Waals surface area contributed by atoms with Gasteiger partial charge < -0.3 is 29.7 Å². The maximum absolute atomic E-state index is 11.1. The first-order chi connectivity index (χ1) is 19.8. The number of carbonyl (C=O) groups excluding carboxylic acids is 3. The number of hydrogen-bond donors (Lipinski definition) is 0. The van der Waals surface area contributed by atoms with Gasteiger partial charge in [0, 0.05) is 0 Å². The van der Waals surface area contributed by atoms with Gasteiger partial charge in [0.05, 0.1) is 17.9 Å². The van der Waals surface area contributed by atoms with Gasteiger partial charge in [-0.05, 0) is 68.3 Å². The van der Waals surface area contributed by atoms with Crippen LogP contribution in [0.1, 0.15) is 86.5 Å². The quantitative estimate of drug-likeness (QED) is 0.293. The maximum Gasteiger partial charge on any atom is 0.0715 e. The number of aromatic carboxylic acids is 3. The molecule has 0 aliphatic heterocycles. The molecule has 0 spiro atoms. The summed E-state index contributed by atoms with van der Waals surface area (Å²) in [6, 6.07) is 24.5. The van der Waals surface area contributed by atoms with Gasteiger partial charge in [-0.2, -0.15) is 0 Å². The van der Waals surface area contributed by atoms with Gasteiger partial charge in [-0.15, -0.1) is 0 Å². The van der Waals surface area contributed by atoms with E-state index in [-0.39, 0.29) is 16.7 Å². The first kappa shape index (κ1) is 36.3. The van der Waals surface area contributed by atoms with Gasteiger partial charge in [0.1, 0.15) is 0 Å². The van der Waals surface area contributed by atoms with Gasteiger partial charge in [-0.1, -0.05) is 128 Å². The Morgan fingerprint density at radius 1 is 0.341 bits per heavy atom. The summed E-state index contributed by atoms with van der Waals surface area (Å²) in [5, 5.41) is 33.2. The third-order valence-corrected chi connectivity index (χ3v) is 5.29. The minimum Gasteiger partial charge on any atom is -0.545 e. The normalized spacial score (nSPS) is 9.07. The van der Waals surface area contributed by atoms with Crippen LogP contribution in [0.2, 0.25) is 0 Å². The average Bonchev–Trinajstić information content (AvgIpc) is 3.04. The molecular weight excluding hydrogens is 516 g/mol. The molecule has 0 atom stereocenters. The largest absolute Gasteiger partial charge is 0.545 e. The Bertz CT molecular complexity index is 1170. The second kappa shape index (κ2) is 19.4. The number of carboxylic acids is 3. The Hall–Kier alpha value is -4.71. The van der Waals surface area contributed by atoms with E-state index >= 15 is 0 Å². The molecule has 0 fully saturated rings. The molecule has 4 rings (SSSR count). The van der Waals surface area contributed by atoms with E-state index in [0.717, 1.165) is 33.4 Å². The Morgan fingerprint density at radius 3 is 0.659 bits per heavy atom. The molecule has 0 heterocycles. The van der Waals surface area contributed by atoms with Gasteiger partial charge in [0.25, 0.3) is 0 Å². The Kier molecular flexibility index (Phi) is 17.1. The van der Waals surface area contributed by atoms with Crippen molar-refractivity contribution in [2.45, 2.75) is 55.4 Å². The highest BCUT2D eigenvalue weighted by Gasteiger charge is 2.09. The van der Waals surface area contributed by atoms with Gasteiger partial charge in [-0.25, -0.2) is 0 Å². The molecule has 6 nitrogen and oxygen atoms in total. The number of rotatable bonds is 6. The lowest BCUT2D eigenvalue weighted by atomic mass is 9.92. The summed E-state index contributed by atoms with van der Waals surface area (Å²) in [7, 11) is 0. The lowest BCUT2D eigenvalue weighted by Gasteiger charge is -2.13. The summed E-state index contributed by atoms with van der Waals surface area (Å²) < 4.78 is 0. The molecule has 4 aromatic carbocycles. The molecule has 0 amide bonds. The average molecular weight is 556 g/mol. The molecule has 0 aliphatic carbocycles. The number of benzene rings is 4. The zero-order valence-electron chi connectivity index (χ0n) is 25.1. The zero-order valence-corrected chi connectivity index (χ0v) is 25.1. The second-order valence-corrected chi connectivity index (χ2v) is 7.39. The van der Waals surface area contributed by atoms with Crippen molar-refractivity contribution in [3.63, 3.8) is 0 Å². The van der Waals surface area contributed by atoms with Crippen molar-refractivity contribution in [1.82, 2.24) is 0 Å². The molecule has 0 saturated carbocycles. The molecule has 0 bridgehead atoms. The maximum atomic E-state index is 11.1. The van der Waals surface area contributed by atoms with E-state index in [1.54, 1.807) is 36.4 Å². The number of hydrogen-bond acceptors (Lipinski definition) is 6. The van der Waals surface area contributed by atoms with Gasteiger partial charge in [0.15, 0.2) is 0 Å². The Balaban J connectivity index is 0.00000184. The van der Waals surface area contributed by atoms with Crippen LogP contribution in [0.3, 0.4) is 0 Å². The van der Waals surface area contributed by atoms with Gasteiger partial charge >= 0.3 is 0 Å². The molecule has 0 N–H and O–H groups in total. The highest BCUT2D eigenvalue weighted by molar-refractivity contribution is 5.89. The Labute approximate surface area is 244 Å². The Morgan fingerprint density at radius 2 is 0.512 bits per heavy atom. The SMILES string of the molecule is CC.CC.CC.CC.O=C([O-])c1ccc(-c2cc(-c3ccc(C(=O)[O-])cc3)cc(-c3ccc(C(=O)[O-])cc3)c2)cc1. The van der Waals surface area contributed by atoms with Crippen molar-refractivity contribution in [3.05, 3.63) is 108 Å². The molecule has 218 valence electrons. The minimum absolute atomic E-state index is 0.0610. The fourth-order valence-corrected chi connectivity index (χ4v) is 3.52. The lowest BCUT2D eigenvalue weighted by Crippen LogP contribution is -2.21. The van der Waals surface area contributed by atoms with Crippen molar-refractivity contribution in [2.75, 3.05) is 0 Å².